The first-order chi connectivity index (χ1) is 7.99. The van der Waals surface area contributed by atoms with Gasteiger partial charge in [-0.25, -0.2) is 4.39 Å². The summed E-state index contributed by atoms with van der Waals surface area (Å²) in [6.07, 6.45) is 1.52. The first-order valence-corrected chi connectivity index (χ1v) is 6.67. The SMILES string of the molecule is CN1C(=O)C(=Cc2ccc(Br)cc2F)SC1=S. The molecule has 2 rings (SSSR count). The van der Waals surface area contributed by atoms with Crippen molar-refractivity contribution in [1.82, 2.24) is 4.90 Å². The third-order valence-electron chi connectivity index (χ3n) is 2.24. The lowest BCUT2D eigenvalue weighted by atomic mass is 10.2. The number of thiocarbonyl (C=S) groups is 1. The van der Waals surface area contributed by atoms with Crippen LogP contribution in [0.15, 0.2) is 27.6 Å². The Labute approximate surface area is 116 Å². The van der Waals surface area contributed by atoms with Crippen LogP contribution < -0.4 is 0 Å². The maximum atomic E-state index is 13.6. The number of benzene rings is 1. The molecule has 1 amide bonds. The molecule has 0 aliphatic carbocycles. The lowest BCUT2D eigenvalue weighted by Crippen LogP contribution is -2.22. The molecule has 0 atom stereocenters. The van der Waals surface area contributed by atoms with Crippen LogP contribution in [0.3, 0.4) is 0 Å². The van der Waals surface area contributed by atoms with E-state index in [2.05, 4.69) is 15.9 Å². The summed E-state index contributed by atoms with van der Waals surface area (Å²) in [4.78, 5) is 13.5. The van der Waals surface area contributed by atoms with Gasteiger partial charge in [0, 0.05) is 17.1 Å². The second-order valence-electron chi connectivity index (χ2n) is 3.41. The normalized spacial score (nSPS) is 18.3. The van der Waals surface area contributed by atoms with E-state index in [1.165, 1.54) is 28.8 Å². The zero-order valence-electron chi connectivity index (χ0n) is 8.74. The van der Waals surface area contributed by atoms with E-state index < -0.39 is 0 Å². The van der Waals surface area contributed by atoms with Crippen molar-refractivity contribution in [3.8, 4) is 0 Å². The van der Waals surface area contributed by atoms with Crippen LogP contribution in [0.5, 0.6) is 0 Å². The van der Waals surface area contributed by atoms with Gasteiger partial charge in [0.15, 0.2) is 0 Å². The Hall–Kier alpha value is -0.720. The fourth-order valence-corrected chi connectivity index (χ4v) is 2.81. The van der Waals surface area contributed by atoms with E-state index in [4.69, 9.17) is 12.2 Å². The van der Waals surface area contributed by atoms with Gasteiger partial charge in [-0.2, -0.15) is 0 Å². The molecule has 0 aromatic heterocycles. The minimum Gasteiger partial charge on any atom is -0.296 e. The summed E-state index contributed by atoms with van der Waals surface area (Å²) < 4.78 is 14.7. The summed E-state index contributed by atoms with van der Waals surface area (Å²) in [6.45, 7) is 0. The molecule has 1 saturated heterocycles. The molecule has 1 aliphatic rings. The maximum Gasteiger partial charge on any atom is 0.265 e. The smallest absolute Gasteiger partial charge is 0.265 e. The van der Waals surface area contributed by atoms with E-state index in [0.29, 0.717) is 19.3 Å². The Morgan fingerprint density at radius 3 is 2.76 bits per heavy atom. The third kappa shape index (κ3) is 2.59. The highest BCUT2D eigenvalue weighted by Gasteiger charge is 2.28. The molecule has 0 saturated carbocycles. The summed E-state index contributed by atoms with van der Waals surface area (Å²) in [5.74, 6) is -0.567. The number of carbonyl (C=O) groups is 1. The number of carbonyl (C=O) groups excluding carboxylic acids is 1. The van der Waals surface area contributed by atoms with Crippen molar-refractivity contribution in [3.05, 3.63) is 39.0 Å². The molecular formula is C11H7BrFNOS2. The van der Waals surface area contributed by atoms with Gasteiger partial charge in [-0.1, -0.05) is 46.0 Å². The molecule has 1 heterocycles. The second-order valence-corrected chi connectivity index (χ2v) is 6.00. The minimum absolute atomic E-state index is 0.192. The van der Waals surface area contributed by atoms with Gasteiger partial charge >= 0.3 is 0 Å². The molecule has 6 heteroatoms. The number of halogens is 2. The van der Waals surface area contributed by atoms with Crippen LogP contribution in [0.25, 0.3) is 6.08 Å². The highest BCUT2D eigenvalue weighted by atomic mass is 79.9. The average Bonchev–Trinajstić information content (AvgIpc) is 2.50. The van der Waals surface area contributed by atoms with Crippen LogP contribution in [-0.2, 0) is 4.79 Å². The van der Waals surface area contributed by atoms with Crippen molar-refractivity contribution in [2.75, 3.05) is 7.05 Å². The van der Waals surface area contributed by atoms with Gasteiger partial charge in [0.1, 0.15) is 10.1 Å². The Morgan fingerprint density at radius 1 is 1.53 bits per heavy atom. The number of amides is 1. The Morgan fingerprint density at radius 2 is 2.24 bits per heavy atom. The zero-order chi connectivity index (χ0) is 12.6. The highest BCUT2D eigenvalue weighted by Crippen LogP contribution is 2.32. The summed E-state index contributed by atoms with van der Waals surface area (Å²) in [5.41, 5.74) is 0.377. The number of nitrogens with zero attached hydrogens (tertiary/aromatic N) is 1. The molecule has 2 nitrogen and oxygen atoms in total. The lowest BCUT2D eigenvalue weighted by Gasteiger charge is -2.03. The molecule has 0 spiro atoms. The lowest BCUT2D eigenvalue weighted by molar-refractivity contribution is -0.121. The highest BCUT2D eigenvalue weighted by molar-refractivity contribution is 9.10. The molecule has 0 radical (unpaired) electrons. The van der Waals surface area contributed by atoms with Crippen LogP contribution in [-0.4, -0.2) is 22.2 Å². The topological polar surface area (TPSA) is 20.3 Å². The molecule has 0 unspecified atom stereocenters. The Balaban J connectivity index is 2.37. The molecule has 1 fully saturated rings. The molecular weight excluding hydrogens is 325 g/mol. The largest absolute Gasteiger partial charge is 0.296 e. The number of hydrogen-bond donors (Lipinski definition) is 0. The quantitative estimate of drug-likeness (QED) is 0.581. The van der Waals surface area contributed by atoms with Crippen molar-refractivity contribution in [3.63, 3.8) is 0 Å². The van der Waals surface area contributed by atoms with Gasteiger partial charge in [-0.3, -0.25) is 9.69 Å². The van der Waals surface area contributed by atoms with Crippen molar-refractivity contribution in [2.45, 2.75) is 0 Å². The summed E-state index contributed by atoms with van der Waals surface area (Å²) in [6, 6.07) is 4.70. The van der Waals surface area contributed by atoms with E-state index in [-0.39, 0.29) is 11.7 Å². The maximum absolute atomic E-state index is 13.6. The van der Waals surface area contributed by atoms with Gasteiger partial charge in [0.25, 0.3) is 5.91 Å². The predicted molar refractivity (Wildman–Crippen MR) is 75.0 cm³/mol. The van der Waals surface area contributed by atoms with Crippen LogP contribution >= 0.6 is 39.9 Å². The zero-order valence-corrected chi connectivity index (χ0v) is 12.0. The van der Waals surface area contributed by atoms with Gasteiger partial charge in [-0.15, -0.1) is 0 Å². The van der Waals surface area contributed by atoms with Gasteiger partial charge in [-0.05, 0) is 18.2 Å². The number of hydrogen-bond acceptors (Lipinski definition) is 3. The molecule has 0 bridgehead atoms. The minimum atomic E-state index is -0.374. The molecule has 88 valence electrons. The van der Waals surface area contributed by atoms with Crippen molar-refractivity contribution in [1.29, 1.82) is 0 Å². The van der Waals surface area contributed by atoms with Crippen LogP contribution in [0.2, 0.25) is 0 Å². The van der Waals surface area contributed by atoms with Crippen molar-refractivity contribution in [2.24, 2.45) is 0 Å². The Kier molecular flexibility index (Phi) is 3.65. The monoisotopic (exact) mass is 331 g/mol. The second kappa shape index (κ2) is 4.88. The molecule has 17 heavy (non-hydrogen) atoms. The average molecular weight is 332 g/mol. The first-order valence-electron chi connectivity index (χ1n) is 4.65. The van der Waals surface area contributed by atoms with Gasteiger partial charge < -0.3 is 0 Å². The van der Waals surface area contributed by atoms with E-state index in [1.807, 2.05) is 0 Å². The summed E-state index contributed by atoms with van der Waals surface area (Å²) >= 11 is 9.35. The molecule has 1 aromatic carbocycles. The summed E-state index contributed by atoms with van der Waals surface area (Å²) in [7, 11) is 1.61. The molecule has 0 N–H and O–H groups in total. The first kappa shape index (κ1) is 12.7. The van der Waals surface area contributed by atoms with Crippen LogP contribution in [0.1, 0.15) is 5.56 Å². The Bertz CT molecular complexity index is 544. The standard InChI is InChI=1S/C11H7BrFNOS2/c1-14-10(15)9(17-11(14)16)4-6-2-3-7(12)5-8(6)13/h2-5H,1H3. The molecule has 1 aromatic rings. The summed E-state index contributed by atoms with van der Waals surface area (Å²) in [5, 5.41) is 0. The van der Waals surface area contributed by atoms with E-state index in [1.54, 1.807) is 19.2 Å². The van der Waals surface area contributed by atoms with Gasteiger partial charge in [0.05, 0.1) is 4.91 Å². The fourth-order valence-electron chi connectivity index (χ4n) is 1.31. The van der Waals surface area contributed by atoms with Crippen LogP contribution in [0, 0.1) is 5.82 Å². The number of rotatable bonds is 1. The van der Waals surface area contributed by atoms with E-state index >= 15 is 0 Å². The molecule has 1 aliphatic heterocycles. The fraction of sp³-hybridized carbons (Fsp3) is 0.0909. The van der Waals surface area contributed by atoms with E-state index in [9.17, 15) is 9.18 Å². The third-order valence-corrected chi connectivity index (χ3v) is 4.21. The number of likely N-dealkylation sites (N-methyl/N-ethyl adjacent to an activating group) is 1. The van der Waals surface area contributed by atoms with Crippen molar-refractivity contribution >= 4 is 56.2 Å². The van der Waals surface area contributed by atoms with Gasteiger partial charge in [0.2, 0.25) is 0 Å². The predicted octanol–water partition coefficient (Wildman–Crippen LogP) is 3.42. The van der Waals surface area contributed by atoms with Crippen LogP contribution in [0.4, 0.5) is 4.39 Å². The van der Waals surface area contributed by atoms with E-state index in [0.717, 1.165) is 0 Å². The van der Waals surface area contributed by atoms with Crippen molar-refractivity contribution < 1.29 is 9.18 Å². The number of thioether (sulfide) groups is 1.